The number of hydrogen-bond donors (Lipinski definition) is 6. The molecule has 0 saturated carbocycles. The Morgan fingerprint density at radius 3 is 1.79 bits per heavy atom. The van der Waals surface area contributed by atoms with Gasteiger partial charge >= 0.3 is 0 Å². The molecule has 0 aromatic rings. The number of hydrogen-bond acceptors (Lipinski definition) is 8. The van der Waals surface area contributed by atoms with Gasteiger partial charge in [0, 0.05) is 6.42 Å². The van der Waals surface area contributed by atoms with Gasteiger partial charge in [0.05, 0.1) is 25.4 Å². The van der Waals surface area contributed by atoms with Gasteiger partial charge < -0.3 is 40.3 Å². The van der Waals surface area contributed by atoms with E-state index in [1.54, 1.807) is 6.08 Å². The first-order valence-corrected chi connectivity index (χ1v) is 18.7. The molecule has 1 heterocycles. The average Bonchev–Trinajstić information content (AvgIpc) is 3.07. The molecule has 1 aliphatic rings. The van der Waals surface area contributed by atoms with E-state index in [-0.39, 0.29) is 12.5 Å². The van der Waals surface area contributed by atoms with Crippen LogP contribution in [0.2, 0.25) is 0 Å². The topological polar surface area (TPSA) is 149 Å². The van der Waals surface area contributed by atoms with Crippen molar-refractivity contribution in [2.45, 2.75) is 185 Å². The normalized spacial score (nSPS) is 23.3. The van der Waals surface area contributed by atoms with Gasteiger partial charge in [-0.2, -0.15) is 0 Å². The molecule has 9 nitrogen and oxygen atoms in total. The summed E-state index contributed by atoms with van der Waals surface area (Å²) in [6, 6.07) is -0.820. The number of nitrogens with one attached hydrogen (secondary N) is 1. The lowest BCUT2D eigenvalue weighted by Crippen LogP contribution is -2.60. The van der Waals surface area contributed by atoms with E-state index < -0.39 is 49.5 Å². The van der Waals surface area contributed by atoms with Crippen LogP contribution in [-0.2, 0) is 14.3 Å². The van der Waals surface area contributed by atoms with Crippen LogP contribution in [0, 0.1) is 0 Å². The molecule has 6 N–H and O–H groups in total. The standard InChI is InChI=1S/C38H69NO8/c1-3-5-7-9-10-11-12-13-14-15-16-17-18-19-20-21-22-24-25-27-32(41)31(39-34(42)28-26-23-8-6-4-2)30-46-38-37(45)36(44)35(43)33(29-40)47-38/h16-17,20-21,25,27,31-33,35-38,40-41,43-45H,3-15,18-19,22-24,26,28-30H2,1-2H3,(H,39,42)/b17-16+,21-20+,27-25+. The Bertz CT molecular complexity index is 833. The van der Waals surface area contributed by atoms with Gasteiger partial charge in [0.1, 0.15) is 24.4 Å². The van der Waals surface area contributed by atoms with Crippen LogP contribution in [0.1, 0.15) is 142 Å². The molecule has 0 aromatic heterocycles. The Balaban J connectivity index is 2.41. The molecule has 274 valence electrons. The zero-order chi connectivity index (χ0) is 34.5. The van der Waals surface area contributed by atoms with Crippen LogP contribution in [0.5, 0.6) is 0 Å². The second kappa shape index (κ2) is 29.3. The van der Waals surface area contributed by atoms with E-state index in [4.69, 9.17) is 9.47 Å². The van der Waals surface area contributed by atoms with E-state index in [0.29, 0.717) is 6.42 Å². The lowest BCUT2D eigenvalue weighted by Gasteiger charge is -2.40. The molecule has 0 radical (unpaired) electrons. The third-order valence-corrected chi connectivity index (χ3v) is 8.70. The molecule has 0 bridgehead atoms. The fourth-order valence-electron chi connectivity index (χ4n) is 5.60. The van der Waals surface area contributed by atoms with Crippen LogP contribution in [0.25, 0.3) is 0 Å². The Hall–Kier alpha value is -1.59. The number of amides is 1. The molecule has 1 aliphatic heterocycles. The van der Waals surface area contributed by atoms with E-state index in [1.807, 2.05) is 6.08 Å². The van der Waals surface area contributed by atoms with Crippen molar-refractivity contribution in [2.75, 3.05) is 13.2 Å². The molecule has 1 saturated heterocycles. The first-order chi connectivity index (χ1) is 22.8. The molecule has 7 atom stereocenters. The number of carbonyl (C=O) groups excluding carboxylic acids is 1. The van der Waals surface area contributed by atoms with Gasteiger partial charge in [-0.15, -0.1) is 0 Å². The number of carbonyl (C=O) groups is 1. The summed E-state index contributed by atoms with van der Waals surface area (Å²) in [6.45, 7) is 3.62. The highest BCUT2D eigenvalue weighted by molar-refractivity contribution is 5.76. The van der Waals surface area contributed by atoms with E-state index >= 15 is 0 Å². The molecule has 47 heavy (non-hydrogen) atoms. The summed E-state index contributed by atoms with van der Waals surface area (Å²) in [6.07, 6.45) is 26.6. The summed E-state index contributed by atoms with van der Waals surface area (Å²) in [7, 11) is 0. The van der Waals surface area contributed by atoms with Crippen LogP contribution in [0.4, 0.5) is 0 Å². The van der Waals surface area contributed by atoms with E-state index in [9.17, 15) is 30.3 Å². The van der Waals surface area contributed by atoms with Crippen molar-refractivity contribution < 1.29 is 39.8 Å². The van der Waals surface area contributed by atoms with Crippen molar-refractivity contribution in [3.8, 4) is 0 Å². The largest absolute Gasteiger partial charge is 0.394 e. The molecular formula is C38H69NO8. The van der Waals surface area contributed by atoms with Crippen LogP contribution in [0.15, 0.2) is 36.5 Å². The first kappa shape index (κ1) is 43.4. The Morgan fingerprint density at radius 1 is 0.702 bits per heavy atom. The third-order valence-electron chi connectivity index (χ3n) is 8.70. The highest BCUT2D eigenvalue weighted by atomic mass is 16.7. The summed E-state index contributed by atoms with van der Waals surface area (Å²) in [5.74, 6) is -0.207. The number of ether oxygens (including phenoxy) is 2. The SMILES string of the molecule is CCCCCCCCCCC/C=C/CC/C=C/CC/C=C/C(O)C(COC1OC(CO)C(O)C(O)C1O)NC(=O)CCCCCCC. The Morgan fingerprint density at radius 2 is 1.21 bits per heavy atom. The van der Waals surface area contributed by atoms with Crippen LogP contribution in [0.3, 0.4) is 0 Å². The summed E-state index contributed by atoms with van der Waals surface area (Å²) in [5.41, 5.74) is 0. The van der Waals surface area contributed by atoms with Crippen molar-refractivity contribution in [1.29, 1.82) is 0 Å². The van der Waals surface area contributed by atoms with Crippen molar-refractivity contribution in [2.24, 2.45) is 0 Å². The van der Waals surface area contributed by atoms with E-state index in [2.05, 4.69) is 43.5 Å². The van der Waals surface area contributed by atoms with Gasteiger partial charge in [0.15, 0.2) is 6.29 Å². The maximum Gasteiger partial charge on any atom is 0.220 e. The number of aliphatic hydroxyl groups excluding tert-OH is 5. The highest BCUT2D eigenvalue weighted by Crippen LogP contribution is 2.22. The summed E-state index contributed by atoms with van der Waals surface area (Å²) < 4.78 is 11.1. The highest BCUT2D eigenvalue weighted by Gasteiger charge is 2.44. The smallest absolute Gasteiger partial charge is 0.220 e. The van der Waals surface area contributed by atoms with Crippen molar-refractivity contribution in [3.05, 3.63) is 36.5 Å². The summed E-state index contributed by atoms with van der Waals surface area (Å²) in [5, 5.41) is 53.6. The zero-order valence-corrected chi connectivity index (χ0v) is 29.5. The maximum absolute atomic E-state index is 12.6. The van der Waals surface area contributed by atoms with E-state index in [1.165, 1.54) is 64.2 Å². The predicted molar refractivity (Wildman–Crippen MR) is 189 cm³/mol. The minimum absolute atomic E-state index is 0.206. The van der Waals surface area contributed by atoms with Gasteiger partial charge in [-0.1, -0.05) is 127 Å². The molecule has 0 spiro atoms. The van der Waals surface area contributed by atoms with Crippen molar-refractivity contribution >= 4 is 5.91 Å². The molecule has 1 rings (SSSR count). The second-order valence-corrected chi connectivity index (χ2v) is 13.0. The number of allylic oxidation sites excluding steroid dienone is 5. The average molecular weight is 668 g/mol. The van der Waals surface area contributed by atoms with Gasteiger partial charge in [-0.25, -0.2) is 0 Å². The van der Waals surface area contributed by atoms with E-state index in [0.717, 1.165) is 57.8 Å². The molecule has 0 aliphatic carbocycles. The second-order valence-electron chi connectivity index (χ2n) is 13.0. The zero-order valence-electron chi connectivity index (χ0n) is 29.5. The lowest BCUT2D eigenvalue weighted by atomic mass is 9.99. The van der Waals surface area contributed by atoms with Crippen molar-refractivity contribution in [1.82, 2.24) is 5.32 Å². The number of rotatable bonds is 29. The fraction of sp³-hybridized carbons (Fsp3) is 0.816. The lowest BCUT2D eigenvalue weighted by molar-refractivity contribution is -0.302. The van der Waals surface area contributed by atoms with Gasteiger partial charge in [-0.05, 0) is 44.9 Å². The molecule has 7 unspecified atom stereocenters. The molecule has 1 fully saturated rings. The third kappa shape index (κ3) is 21.2. The van der Waals surface area contributed by atoms with Crippen LogP contribution < -0.4 is 5.32 Å². The molecule has 0 aromatic carbocycles. The number of unbranched alkanes of at least 4 members (excludes halogenated alkanes) is 15. The van der Waals surface area contributed by atoms with Crippen molar-refractivity contribution in [3.63, 3.8) is 0 Å². The molecule has 9 heteroatoms. The Kier molecular flexibility index (Phi) is 27.1. The summed E-state index contributed by atoms with van der Waals surface area (Å²) >= 11 is 0. The molecular weight excluding hydrogens is 598 g/mol. The van der Waals surface area contributed by atoms with Gasteiger partial charge in [-0.3, -0.25) is 4.79 Å². The molecule has 1 amide bonds. The monoisotopic (exact) mass is 668 g/mol. The minimum atomic E-state index is -1.57. The maximum atomic E-state index is 12.6. The van der Waals surface area contributed by atoms with Gasteiger partial charge in [0.25, 0.3) is 0 Å². The minimum Gasteiger partial charge on any atom is -0.394 e. The van der Waals surface area contributed by atoms with Gasteiger partial charge in [0.2, 0.25) is 5.91 Å². The quantitative estimate of drug-likeness (QED) is 0.0411. The summed E-state index contributed by atoms with van der Waals surface area (Å²) in [4.78, 5) is 12.6. The van der Waals surface area contributed by atoms with Crippen LogP contribution >= 0.6 is 0 Å². The Labute approximate surface area is 285 Å². The first-order valence-electron chi connectivity index (χ1n) is 18.7. The van der Waals surface area contributed by atoms with Crippen LogP contribution in [-0.4, -0.2) is 87.5 Å². The fourth-order valence-corrected chi connectivity index (χ4v) is 5.60. The number of aliphatic hydroxyl groups is 5. The predicted octanol–water partition coefficient (Wildman–Crippen LogP) is 6.16.